The fourth-order valence-electron chi connectivity index (χ4n) is 15.2. The van der Waals surface area contributed by atoms with Crippen molar-refractivity contribution in [2.75, 3.05) is 7.11 Å². The van der Waals surface area contributed by atoms with E-state index in [-0.39, 0.29) is 96.9 Å². The van der Waals surface area contributed by atoms with E-state index in [4.69, 9.17) is 40.1 Å². The van der Waals surface area contributed by atoms with Crippen LogP contribution in [-0.2, 0) is 6.54 Å². The fourth-order valence-corrected chi connectivity index (χ4v) is 18.4. The summed E-state index contributed by atoms with van der Waals surface area (Å²) in [5.41, 5.74) is 3.26. The Bertz CT molecular complexity index is 8850. The zero-order valence-corrected chi connectivity index (χ0v) is 70.8. The lowest BCUT2D eigenvalue weighted by Gasteiger charge is -2.15. The predicted octanol–water partition coefficient (Wildman–Crippen LogP) is 19.6. The Morgan fingerprint density at radius 2 is 0.817 bits per heavy atom. The van der Waals surface area contributed by atoms with E-state index >= 15 is 0 Å². The molecule has 12 heterocycles. The summed E-state index contributed by atoms with van der Waals surface area (Å²) in [4.78, 5) is 122. The van der Waals surface area contributed by atoms with Crippen LogP contribution in [0.3, 0.4) is 0 Å². The highest BCUT2D eigenvalue weighted by molar-refractivity contribution is 8.00. The van der Waals surface area contributed by atoms with Gasteiger partial charge in [-0.15, -0.1) is 6.58 Å². The van der Waals surface area contributed by atoms with Crippen LogP contribution in [0.25, 0.3) is 144 Å². The van der Waals surface area contributed by atoms with Crippen molar-refractivity contribution >= 4 is 168 Å². The molecule has 1 saturated carbocycles. The van der Waals surface area contributed by atoms with E-state index in [1.165, 1.54) is 51.1 Å². The number of oxazole rings is 4. The number of fused-ring (bicyclic) bond motifs is 14. The molecule has 0 radical (unpaired) electrons. The third kappa shape index (κ3) is 15.2. The van der Waals surface area contributed by atoms with Gasteiger partial charge in [0.1, 0.15) is 85.9 Å². The van der Waals surface area contributed by atoms with Crippen molar-refractivity contribution < 1.29 is 64.9 Å². The minimum atomic E-state index is -0.842. The minimum absolute atomic E-state index is 0.00110. The highest BCUT2D eigenvalue weighted by Gasteiger charge is 2.34. The zero-order valence-electron chi connectivity index (χ0n) is 67.5. The second kappa shape index (κ2) is 34.1. The molecule has 23 rings (SSSR count). The van der Waals surface area contributed by atoms with Gasteiger partial charge >= 0.3 is 22.5 Å². The number of aromatic nitrogens is 8. The van der Waals surface area contributed by atoms with Gasteiger partial charge in [-0.05, 0) is 187 Å². The van der Waals surface area contributed by atoms with Crippen molar-refractivity contribution in [3.63, 3.8) is 0 Å². The Balaban J connectivity index is 0.000000109. The largest absolute Gasteiger partial charge is 0.506 e. The molecular formula is C97H59FN8O21S4. The van der Waals surface area contributed by atoms with Gasteiger partial charge in [-0.1, -0.05) is 127 Å². The molecule has 0 spiro atoms. The highest BCUT2D eigenvalue weighted by atomic mass is 32.2. The van der Waals surface area contributed by atoms with Crippen molar-refractivity contribution in [2.45, 2.75) is 65.9 Å². The third-order valence-electron chi connectivity index (χ3n) is 21.3. The van der Waals surface area contributed by atoms with Crippen LogP contribution >= 0.6 is 47.0 Å². The molecule has 1 fully saturated rings. The molecule has 0 bridgehead atoms. The van der Waals surface area contributed by atoms with E-state index in [9.17, 15) is 63.2 Å². The van der Waals surface area contributed by atoms with Gasteiger partial charge in [0.25, 0.3) is 43.1 Å². The number of hydrogen-bond donors (Lipinski definition) is 4. The number of hydrogen-bond acceptors (Lipinski definition) is 29. The molecule has 22 aromatic rings. The minimum Gasteiger partial charge on any atom is -0.506 e. The maximum absolute atomic E-state index is 13.8. The van der Waals surface area contributed by atoms with E-state index in [2.05, 4.69) is 26.5 Å². The van der Waals surface area contributed by atoms with Gasteiger partial charge in [0.2, 0.25) is 0 Å². The smallest absolute Gasteiger partial charge is 0.354 e. The zero-order chi connectivity index (χ0) is 90.1. The summed E-state index contributed by atoms with van der Waals surface area (Å²) < 4.78 is 69.5. The Kier molecular flexibility index (Phi) is 21.5. The van der Waals surface area contributed by atoms with Crippen molar-refractivity contribution in [1.82, 2.24) is 38.2 Å². The molecule has 0 atom stereocenters. The van der Waals surface area contributed by atoms with E-state index in [1.54, 1.807) is 193 Å². The Labute approximate surface area is 747 Å². The van der Waals surface area contributed by atoms with E-state index in [1.807, 2.05) is 42.5 Å². The van der Waals surface area contributed by atoms with Gasteiger partial charge in [-0.2, -0.15) is 0 Å². The summed E-state index contributed by atoms with van der Waals surface area (Å²) in [7, 11) is 1.52. The van der Waals surface area contributed by atoms with Crippen LogP contribution in [0.4, 0.5) is 4.39 Å². The molecule has 0 aliphatic heterocycles. The first-order valence-corrected chi connectivity index (χ1v) is 43.1. The number of ether oxygens (including phenoxy) is 1. The van der Waals surface area contributed by atoms with Gasteiger partial charge in [0, 0.05) is 52.3 Å². The first-order valence-electron chi connectivity index (χ1n) is 39.9. The summed E-state index contributed by atoms with van der Waals surface area (Å²) in [5.74, 6) is -1.83. The fraction of sp³-hybridized carbons (Fsp3) is 0.0515. The average Bonchev–Trinajstić information content (AvgIpc) is 1.70. The van der Waals surface area contributed by atoms with Crippen molar-refractivity contribution in [3.8, 4) is 51.4 Å². The monoisotopic (exact) mass is 1820 g/mol. The number of para-hydroxylation sites is 11. The second-order valence-electron chi connectivity index (χ2n) is 29.3. The standard InChI is InChI=1S/C27H15FN2O5S.C26H16N2O6S.2C22H14N2O5S/c28-16-10-12-17(13-11-16)30-19(15-6-2-1-3-7-15)14-21-22(25(30)32)23(31)24(26(33)34-21)36-27-29-18-8-4-5-9-20(18)35-27;1-32-15-11-12-16-18(13-15)28(14-7-3-2-4-8-14)24(30)20-21(29)23(25(31)34-22(16)20)35-26-27-17-9-5-6-10-19(17)33-26;25-18-16-17(12-5-1-3-7-14(12)28-21(16)27)24(11-9-10-11)20(26)19(18)30-22-23-13-6-2-4-8-15(13)29-22;1-2-11-24-14-9-5-3-7-12(14)18-16(20(24)26)17(25)19(21(27)29-18)30-22-23-13-8-4-6-10-15(13)28-22/h1-14,31H;2-13,29H,1H3;1-8,11,25H,9-10H2;2-10,25H,1,11H2. The first kappa shape index (κ1) is 82.8. The van der Waals surface area contributed by atoms with Crippen molar-refractivity contribution in [3.05, 3.63) is 356 Å². The third-order valence-corrected chi connectivity index (χ3v) is 24.9. The van der Waals surface area contributed by atoms with Crippen LogP contribution in [0.2, 0.25) is 0 Å². The maximum Gasteiger partial charge on any atom is 0.354 e. The quantitative estimate of drug-likeness (QED) is 0.0421. The Hall–Kier alpha value is -16.4. The van der Waals surface area contributed by atoms with Gasteiger partial charge in [0.05, 0.1) is 29.4 Å². The summed E-state index contributed by atoms with van der Waals surface area (Å²) in [6, 6.07) is 72.5. The molecule has 1 aliphatic carbocycles. The SMILES string of the molecule is C=CCn1c(=O)c2c(O)c(Sc3nc4ccccc4o3)c(=O)oc2c2ccccc21.COc1ccc2c3oc(=O)c(Sc4nc5ccccc5o4)c(O)c3c(=O)n(-c3ccccc3)c2c1.O=c1oc2cc(-c3ccccc3)n(-c3ccc(F)cc3)c(=O)c2c(O)c1Sc1nc2ccccc2o1.O=c1oc2ccccc2c2c1c(O)c(Sc1nc3ccccc3o1)c(=O)n2C1CC1. The molecule has 131 heavy (non-hydrogen) atoms. The molecule has 34 heteroatoms. The molecule has 0 amide bonds. The Morgan fingerprint density at radius 3 is 1.33 bits per heavy atom. The summed E-state index contributed by atoms with van der Waals surface area (Å²) in [6.45, 7) is 3.93. The summed E-state index contributed by atoms with van der Waals surface area (Å²) in [6.07, 6.45) is 3.26. The molecular weight excluding hydrogens is 1760 g/mol. The van der Waals surface area contributed by atoms with Crippen LogP contribution in [0, 0.1) is 5.82 Å². The maximum atomic E-state index is 13.8. The molecule has 1 aliphatic rings. The number of benzene rings is 10. The molecule has 0 unspecified atom stereocenters. The lowest BCUT2D eigenvalue weighted by Crippen LogP contribution is -2.23. The number of halogens is 1. The number of allylic oxidation sites excluding steroid dienone is 1. The lowest BCUT2D eigenvalue weighted by atomic mass is 10.1. The molecule has 4 N–H and O–H groups in total. The summed E-state index contributed by atoms with van der Waals surface area (Å²) in [5, 5.41) is 46.0. The second-order valence-corrected chi connectivity index (χ2v) is 33.2. The lowest BCUT2D eigenvalue weighted by molar-refractivity contribution is 0.415. The van der Waals surface area contributed by atoms with E-state index < -0.39 is 68.0 Å². The van der Waals surface area contributed by atoms with Crippen molar-refractivity contribution in [1.29, 1.82) is 0 Å². The van der Waals surface area contributed by atoms with Crippen molar-refractivity contribution in [2.24, 2.45) is 0 Å². The van der Waals surface area contributed by atoms with Crippen LogP contribution < -0.4 is 49.5 Å². The van der Waals surface area contributed by atoms with Crippen LogP contribution in [0.15, 0.2) is 382 Å². The van der Waals surface area contributed by atoms with Gasteiger partial charge in [0.15, 0.2) is 56.5 Å². The van der Waals surface area contributed by atoms with Gasteiger partial charge in [-0.3, -0.25) is 28.3 Å². The van der Waals surface area contributed by atoms with E-state index in [0.717, 1.165) is 59.9 Å². The predicted molar refractivity (Wildman–Crippen MR) is 492 cm³/mol. The number of nitrogens with zero attached hydrogens (tertiary/aromatic N) is 8. The van der Waals surface area contributed by atoms with Gasteiger partial charge in [-0.25, -0.2) is 43.5 Å². The topological polar surface area (TPSA) is 403 Å². The number of pyridine rings is 4. The van der Waals surface area contributed by atoms with Gasteiger partial charge < -0.3 is 69.6 Å². The normalized spacial score (nSPS) is 12.0. The van der Waals surface area contributed by atoms with Crippen LogP contribution in [-0.4, -0.2) is 65.7 Å². The molecule has 29 nitrogen and oxygen atoms in total. The number of aromatic hydroxyl groups is 4. The van der Waals surface area contributed by atoms with Crippen LogP contribution in [0.5, 0.6) is 28.7 Å². The molecule has 10 aromatic carbocycles. The number of rotatable bonds is 15. The molecule has 644 valence electrons. The number of methoxy groups -OCH3 is 1. The Morgan fingerprint density at radius 1 is 0.397 bits per heavy atom. The molecule has 12 aromatic heterocycles. The molecule has 0 saturated heterocycles. The first-order chi connectivity index (χ1) is 63.7. The average molecular weight is 1820 g/mol. The highest BCUT2D eigenvalue weighted by Crippen LogP contribution is 2.46. The van der Waals surface area contributed by atoms with E-state index in [0.29, 0.717) is 111 Å². The van der Waals surface area contributed by atoms with Crippen LogP contribution in [0.1, 0.15) is 18.9 Å². The summed E-state index contributed by atoms with van der Waals surface area (Å²) >= 11 is 3.29.